The number of nitrogens with zero attached hydrogens (tertiary/aromatic N) is 2. The number of hydrazone groups is 1. The van der Waals surface area contributed by atoms with Gasteiger partial charge in [0.25, 0.3) is 11.8 Å². The molecule has 0 aromatic heterocycles. The second-order valence-electron chi connectivity index (χ2n) is 6.29. The molecule has 4 aliphatic rings. The van der Waals surface area contributed by atoms with E-state index in [1.54, 1.807) is 12.1 Å². The summed E-state index contributed by atoms with van der Waals surface area (Å²) in [5.74, 6) is -0.385. The quantitative estimate of drug-likeness (QED) is 0.491. The Morgan fingerprint density at radius 1 is 1.13 bits per heavy atom. The molecule has 2 bridgehead atoms. The first-order valence-electron chi connectivity index (χ1n) is 7.65. The van der Waals surface area contributed by atoms with Crippen LogP contribution in [0.4, 0.5) is 0 Å². The second kappa shape index (κ2) is 5.30. The van der Waals surface area contributed by atoms with E-state index in [9.17, 15) is 14.7 Å². The van der Waals surface area contributed by atoms with Crippen molar-refractivity contribution < 1.29 is 14.7 Å². The summed E-state index contributed by atoms with van der Waals surface area (Å²) in [4.78, 5) is 25.2. The van der Waals surface area contributed by atoms with Crippen molar-refractivity contribution >= 4 is 34.0 Å². The summed E-state index contributed by atoms with van der Waals surface area (Å²) in [6, 6.07) is 4.89. The highest BCUT2D eigenvalue weighted by molar-refractivity contribution is 9.10. The van der Waals surface area contributed by atoms with Crippen LogP contribution in [0.3, 0.4) is 0 Å². The third-order valence-corrected chi connectivity index (χ3v) is 5.67. The molecule has 118 valence electrons. The molecule has 1 saturated carbocycles. The van der Waals surface area contributed by atoms with Crippen LogP contribution in [0.25, 0.3) is 0 Å². The molecule has 3 aliphatic carbocycles. The smallest absolute Gasteiger partial charge is 0.254 e. The number of allylic oxidation sites excluding steroid dienone is 2. The normalized spacial score (nSPS) is 32.1. The Kier molecular flexibility index (Phi) is 3.37. The van der Waals surface area contributed by atoms with E-state index in [0.29, 0.717) is 10.0 Å². The molecule has 1 aromatic carbocycles. The lowest BCUT2D eigenvalue weighted by Gasteiger charge is -2.37. The van der Waals surface area contributed by atoms with Gasteiger partial charge in [-0.15, -0.1) is 0 Å². The average Bonchev–Trinajstić information content (AvgIpc) is 2.83. The zero-order chi connectivity index (χ0) is 16.1. The number of amides is 2. The van der Waals surface area contributed by atoms with E-state index < -0.39 is 0 Å². The SMILES string of the molecule is O=C1[C@@H]2[C@@H](C(=O)N1/N=C/c1ccc(O)c(Br)c1)[C@H]1C=C[C@@H]2CC1. The number of hydrogen-bond acceptors (Lipinski definition) is 4. The molecule has 0 unspecified atom stereocenters. The molecule has 5 nitrogen and oxygen atoms in total. The second-order valence-corrected chi connectivity index (χ2v) is 7.14. The highest BCUT2D eigenvalue weighted by Gasteiger charge is 2.56. The van der Waals surface area contributed by atoms with E-state index in [2.05, 4.69) is 33.2 Å². The predicted molar refractivity (Wildman–Crippen MR) is 87.6 cm³/mol. The maximum absolute atomic E-state index is 12.6. The van der Waals surface area contributed by atoms with Gasteiger partial charge in [-0.1, -0.05) is 12.2 Å². The van der Waals surface area contributed by atoms with Crippen LogP contribution in [0.15, 0.2) is 39.9 Å². The zero-order valence-corrected chi connectivity index (χ0v) is 13.8. The van der Waals surface area contributed by atoms with Crippen LogP contribution >= 0.6 is 15.9 Å². The summed E-state index contributed by atoms with van der Waals surface area (Å²) in [7, 11) is 0. The van der Waals surface area contributed by atoms with Crippen molar-refractivity contribution in [1.82, 2.24) is 5.01 Å². The van der Waals surface area contributed by atoms with E-state index in [1.165, 1.54) is 12.3 Å². The van der Waals surface area contributed by atoms with Crippen LogP contribution in [0.1, 0.15) is 18.4 Å². The summed E-state index contributed by atoms with van der Waals surface area (Å²) in [5.41, 5.74) is 0.700. The van der Waals surface area contributed by atoms with Crippen molar-refractivity contribution in [3.8, 4) is 5.75 Å². The Labute approximate surface area is 141 Å². The first-order chi connectivity index (χ1) is 11.1. The summed E-state index contributed by atoms with van der Waals surface area (Å²) >= 11 is 3.23. The summed E-state index contributed by atoms with van der Waals surface area (Å²) in [6.45, 7) is 0. The Morgan fingerprint density at radius 2 is 1.74 bits per heavy atom. The Morgan fingerprint density at radius 3 is 2.26 bits per heavy atom. The number of carbonyl (C=O) groups excluding carboxylic acids is 2. The van der Waals surface area contributed by atoms with E-state index in [-0.39, 0.29) is 41.2 Å². The van der Waals surface area contributed by atoms with Crippen molar-refractivity contribution in [1.29, 1.82) is 0 Å². The third kappa shape index (κ3) is 2.24. The van der Waals surface area contributed by atoms with Crippen LogP contribution in [0.2, 0.25) is 0 Å². The number of hydrogen-bond donors (Lipinski definition) is 1. The van der Waals surface area contributed by atoms with Crippen molar-refractivity contribution in [2.24, 2.45) is 28.8 Å². The molecule has 4 atom stereocenters. The minimum atomic E-state index is -0.241. The molecule has 1 heterocycles. The first-order valence-corrected chi connectivity index (χ1v) is 8.44. The molecule has 2 amide bonds. The van der Waals surface area contributed by atoms with Crippen LogP contribution < -0.4 is 0 Å². The fourth-order valence-electron chi connectivity index (χ4n) is 3.90. The number of halogens is 1. The highest BCUT2D eigenvalue weighted by Crippen LogP contribution is 2.49. The van der Waals surface area contributed by atoms with Crippen molar-refractivity contribution in [3.05, 3.63) is 40.4 Å². The molecule has 2 fully saturated rings. The summed E-state index contributed by atoms with van der Waals surface area (Å²) in [5, 5.41) is 14.7. The zero-order valence-electron chi connectivity index (χ0n) is 12.2. The van der Waals surface area contributed by atoms with Gasteiger partial charge in [0.15, 0.2) is 0 Å². The molecule has 0 spiro atoms. The molecule has 6 heteroatoms. The van der Waals surface area contributed by atoms with Gasteiger partial charge in [0.2, 0.25) is 0 Å². The number of benzene rings is 1. The fourth-order valence-corrected chi connectivity index (χ4v) is 4.30. The van der Waals surface area contributed by atoms with E-state index in [1.807, 2.05) is 0 Å². The molecule has 1 saturated heterocycles. The van der Waals surface area contributed by atoms with Crippen LogP contribution in [-0.2, 0) is 9.59 Å². The molecule has 1 N–H and O–H groups in total. The van der Waals surface area contributed by atoms with Gasteiger partial charge in [-0.2, -0.15) is 10.1 Å². The lowest BCUT2D eigenvalue weighted by molar-refractivity contribution is -0.140. The number of carbonyl (C=O) groups is 2. The number of rotatable bonds is 2. The minimum Gasteiger partial charge on any atom is -0.507 e. The average molecular weight is 375 g/mol. The fraction of sp³-hybridized carbons (Fsp3) is 0.353. The van der Waals surface area contributed by atoms with E-state index in [4.69, 9.17) is 0 Å². The number of imide groups is 1. The molecule has 1 aromatic rings. The first kappa shape index (κ1) is 14.6. The Bertz CT molecular complexity index is 726. The van der Waals surface area contributed by atoms with Crippen LogP contribution in [0, 0.1) is 23.7 Å². The van der Waals surface area contributed by atoms with Gasteiger partial charge in [0, 0.05) is 0 Å². The van der Waals surface area contributed by atoms with Gasteiger partial charge in [0.05, 0.1) is 22.5 Å². The van der Waals surface area contributed by atoms with Crippen LogP contribution in [0.5, 0.6) is 5.75 Å². The van der Waals surface area contributed by atoms with Gasteiger partial charge in [-0.25, -0.2) is 0 Å². The lowest BCUT2D eigenvalue weighted by Crippen LogP contribution is -2.38. The standard InChI is InChI=1S/C17H15BrN2O3/c18-12-7-9(1-6-13(12)21)8-19-20-16(22)14-10-2-3-11(5-4-10)15(14)17(20)23/h1-3,6-8,10-11,14-15,21H,4-5H2/b19-8+/t10-,11+,14-,15-/m0/s1. The van der Waals surface area contributed by atoms with Gasteiger partial charge >= 0.3 is 0 Å². The number of phenolic OH excluding ortho intramolecular Hbond substituents is 1. The maximum atomic E-state index is 12.6. The van der Waals surface area contributed by atoms with Crippen molar-refractivity contribution in [2.75, 3.05) is 0 Å². The topological polar surface area (TPSA) is 70.0 Å². The third-order valence-electron chi connectivity index (χ3n) is 5.03. The highest BCUT2D eigenvalue weighted by atomic mass is 79.9. The van der Waals surface area contributed by atoms with Crippen LogP contribution in [-0.4, -0.2) is 28.1 Å². The number of fused-ring (bicyclic) bond motifs is 1. The van der Waals surface area contributed by atoms with Gasteiger partial charge in [-0.05, 0) is 64.4 Å². The molecule has 0 radical (unpaired) electrons. The molecular formula is C17H15BrN2O3. The van der Waals surface area contributed by atoms with Crippen molar-refractivity contribution in [3.63, 3.8) is 0 Å². The number of phenols is 1. The molecular weight excluding hydrogens is 360 g/mol. The van der Waals surface area contributed by atoms with E-state index >= 15 is 0 Å². The summed E-state index contributed by atoms with van der Waals surface area (Å²) < 4.78 is 0.538. The Balaban J connectivity index is 1.60. The maximum Gasteiger partial charge on any atom is 0.254 e. The lowest BCUT2D eigenvalue weighted by atomic mass is 9.63. The number of aromatic hydroxyl groups is 1. The minimum absolute atomic E-state index is 0.129. The molecule has 5 rings (SSSR count). The Hall–Kier alpha value is -1.95. The van der Waals surface area contributed by atoms with Crippen molar-refractivity contribution in [2.45, 2.75) is 12.8 Å². The largest absolute Gasteiger partial charge is 0.507 e. The van der Waals surface area contributed by atoms with Gasteiger partial charge < -0.3 is 5.11 Å². The van der Waals surface area contributed by atoms with E-state index in [0.717, 1.165) is 17.9 Å². The predicted octanol–water partition coefficient (Wildman–Crippen LogP) is 2.69. The molecule has 1 aliphatic heterocycles. The van der Waals surface area contributed by atoms with Gasteiger partial charge in [0.1, 0.15) is 5.75 Å². The monoisotopic (exact) mass is 374 g/mol. The molecule has 23 heavy (non-hydrogen) atoms. The summed E-state index contributed by atoms with van der Waals surface area (Å²) in [6.07, 6.45) is 7.61. The van der Waals surface area contributed by atoms with Gasteiger partial charge in [-0.3, -0.25) is 9.59 Å².